The first-order valence-electron chi connectivity index (χ1n) is 4.56. The van der Waals surface area contributed by atoms with Gasteiger partial charge in [0.1, 0.15) is 5.75 Å². The first-order valence-corrected chi connectivity index (χ1v) is 6.45. The Balaban J connectivity index is 2.94. The number of carbonyl (C=O) groups is 1. The van der Waals surface area contributed by atoms with E-state index >= 15 is 0 Å². The van der Waals surface area contributed by atoms with Gasteiger partial charge in [0.15, 0.2) is 0 Å². The Bertz CT molecular complexity index is 551. The van der Waals surface area contributed by atoms with Crippen LogP contribution in [0.4, 0.5) is 11.4 Å². The van der Waals surface area contributed by atoms with Crippen LogP contribution < -0.4 is 10.0 Å². The molecule has 0 radical (unpaired) electrons. The van der Waals surface area contributed by atoms with Crippen molar-refractivity contribution in [3.63, 3.8) is 0 Å². The Labute approximate surface area is 99.0 Å². The predicted molar refractivity (Wildman–Crippen MR) is 65.4 cm³/mol. The average molecular weight is 256 g/mol. The van der Waals surface area contributed by atoms with E-state index in [9.17, 15) is 18.3 Å². The lowest BCUT2D eigenvalue weighted by atomic mass is 10.2. The van der Waals surface area contributed by atoms with E-state index in [0.29, 0.717) is 5.69 Å². The fourth-order valence-corrected chi connectivity index (χ4v) is 1.66. The molecular formula is C10H12N2O4S. The van der Waals surface area contributed by atoms with E-state index in [1.165, 1.54) is 18.2 Å². The van der Waals surface area contributed by atoms with Crippen LogP contribution in [0.15, 0.2) is 30.9 Å². The molecule has 0 spiro atoms. The van der Waals surface area contributed by atoms with Gasteiger partial charge in [-0.2, -0.15) is 0 Å². The van der Waals surface area contributed by atoms with Crippen LogP contribution >= 0.6 is 0 Å². The molecule has 0 heterocycles. The molecule has 0 unspecified atom stereocenters. The summed E-state index contributed by atoms with van der Waals surface area (Å²) in [4.78, 5) is 11.0. The summed E-state index contributed by atoms with van der Waals surface area (Å²) in [5, 5.41) is 12.0. The van der Waals surface area contributed by atoms with E-state index in [1.54, 1.807) is 0 Å². The van der Waals surface area contributed by atoms with E-state index in [1.807, 2.05) is 0 Å². The van der Waals surface area contributed by atoms with Gasteiger partial charge in [0.25, 0.3) is 0 Å². The van der Waals surface area contributed by atoms with Gasteiger partial charge in [-0.1, -0.05) is 6.58 Å². The van der Waals surface area contributed by atoms with Crippen LogP contribution in [0.2, 0.25) is 0 Å². The molecule has 92 valence electrons. The minimum absolute atomic E-state index is 0.0455. The molecule has 0 saturated carbocycles. The maximum absolute atomic E-state index is 11.0. The molecule has 0 aliphatic carbocycles. The maximum Gasteiger partial charge on any atom is 0.247 e. The lowest BCUT2D eigenvalue weighted by Gasteiger charge is -2.08. The van der Waals surface area contributed by atoms with Crippen molar-refractivity contribution in [1.82, 2.24) is 0 Å². The van der Waals surface area contributed by atoms with Crippen molar-refractivity contribution in [2.24, 2.45) is 0 Å². The molecule has 0 bridgehead atoms. The molecule has 0 aromatic heterocycles. The van der Waals surface area contributed by atoms with Crippen LogP contribution in [0.3, 0.4) is 0 Å². The minimum Gasteiger partial charge on any atom is -0.506 e. The van der Waals surface area contributed by atoms with Gasteiger partial charge in [0, 0.05) is 11.8 Å². The van der Waals surface area contributed by atoms with Gasteiger partial charge in [-0.25, -0.2) is 8.42 Å². The summed E-state index contributed by atoms with van der Waals surface area (Å²) >= 11 is 0. The number of amides is 1. The monoisotopic (exact) mass is 256 g/mol. The zero-order chi connectivity index (χ0) is 13.1. The smallest absolute Gasteiger partial charge is 0.247 e. The van der Waals surface area contributed by atoms with Gasteiger partial charge in [0.05, 0.1) is 11.9 Å². The van der Waals surface area contributed by atoms with Crippen molar-refractivity contribution in [1.29, 1.82) is 0 Å². The molecule has 17 heavy (non-hydrogen) atoms. The fourth-order valence-electron chi connectivity index (χ4n) is 1.09. The largest absolute Gasteiger partial charge is 0.506 e. The number of hydrogen-bond acceptors (Lipinski definition) is 4. The molecule has 1 amide bonds. The third-order valence-corrected chi connectivity index (χ3v) is 2.34. The number of carbonyl (C=O) groups excluding carboxylic acids is 1. The molecule has 0 fully saturated rings. The van der Waals surface area contributed by atoms with Crippen LogP contribution in [-0.2, 0) is 14.8 Å². The highest BCUT2D eigenvalue weighted by Gasteiger charge is 2.08. The lowest BCUT2D eigenvalue weighted by molar-refractivity contribution is -0.111. The number of benzene rings is 1. The number of phenols is 1. The standard InChI is InChI=1S/C10H12N2O4S/c1-3-10(14)11-7-4-5-8(9(13)6-7)12-17(2,15)16/h3-6,12-13H,1H2,2H3,(H,11,14). The van der Waals surface area contributed by atoms with E-state index in [4.69, 9.17) is 0 Å². The summed E-state index contributed by atoms with van der Waals surface area (Å²) in [6, 6.07) is 4.03. The van der Waals surface area contributed by atoms with Gasteiger partial charge < -0.3 is 10.4 Å². The number of aromatic hydroxyl groups is 1. The van der Waals surface area contributed by atoms with Crippen molar-refractivity contribution in [2.75, 3.05) is 16.3 Å². The van der Waals surface area contributed by atoms with E-state index in [-0.39, 0.29) is 11.4 Å². The topological polar surface area (TPSA) is 95.5 Å². The minimum atomic E-state index is -3.45. The first-order chi connectivity index (χ1) is 7.81. The van der Waals surface area contributed by atoms with E-state index in [0.717, 1.165) is 12.3 Å². The van der Waals surface area contributed by atoms with Crippen LogP contribution in [0.5, 0.6) is 5.75 Å². The number of rotatable bonds is 4. The fraction of sp³-hybridized carbons (Fsp3) is 0.100. The second-order valence-corrected chi connectivity index (χ2v) is 5.05. The predicted octanol–water partition coefficient (Wildman–Crippen LogP) is 0.888. The molecule has 0 atom stereocenters. The second-order valence-electron chi connectivity index (χ2n) is 3.30. The number of nitrogens with one attached hydrogen (secondary N) is 2. The van der Waals surface area contributed by atoms with Gasteiger partial charge in [0.2, 0.25) is 15.9 Å². The van der Waals surface area contributed by atoms with E-state index < -0.39 is 15.9 Å². The molecule has 1 aromatic rings. The zero-order valence-corrected chi connectivity index (χ0v) is 9.91. The second kappa shape index (κ2) is 4.88. The van der Waals surface area contributed by atoms with Gasteiger partial charge in [-0.15, -0.1) is 0 Å². The highest BCUT2D eigenvalue weighted by Crippen LogP contribution is 2.27. The summed E-state index contributed by atoms with van der Waals surface area (Å²) in [7, 11) is -3.45. The number of phenolic OH excluding ortho intramolecular Hbond substituents is 1. The van der Waals surface area contributed by atoms with Crippen molar-refractivity contribution in [2.45, 2.75) is 0 Å². The summed E-state index contributed by atoms with van der Waals surface area (Å²) in [5.74, 6) is -0.703. The van der Waals surface area contributed by atoms with Crippen LogP contribution in [0, 0.1) is 0 Å². The Morgan fingerprint density at radius 1 is 1.47 bits per heavy atom. The van der Waals surface area contributed by atoms with E-state index in [2.05, 4.69) is 16.6 Å². The van der Waals surface area contributed by atoms with Gasteiger partial charge in [-0.3, -0.25) is 9.52 Å². The number of hydrogen-bond donors (Lipinski definition) is 3. The molecule has 1 rings (SSSR count). The third-order valence-electron chi connectivity index (χ3n) is 1.75. The molecule has 3 N–H and O–H groups in total. The summed E-state index contributed by atoms with van der Waals surface area (Å²) in [6.07, 6.45) is 2.06. The Hall–Kier alpha value is -2.02. The van der Waals surface area contributed by atoms with Crippen molar-refractivity contribution < 1.29 is 18.3 Å². The molecule has 0 aliphatic rings. The Morgan fingerprint density at radius 3 is 2.59 bits per heavy atom. The first kappa shape index (κ1) is 13.0. The van der Waals surface area contributed by atoms with Crippen LogP contribution in [0.25, 0.3) is 0 Å². The average Bonchev–Trinajstić information content (AvgIpc) is 2.20. The molecule has 7 heteroatoms. The molecule has 0 saturated heterocycles. The van der Waals surface area contributed by atoms with Crippen LogP contribution in [-0.4, -0.2) is 25.7 Å². The summed E-state index contributed by atoms with van der Waals surface area (Å²) in [5.41, 5.74) is 0.385. The normalized spacial score (nSPS) is 10.6. The lowest BCUT2D eigenvalue weighted by Crippen LogP contribution is -2.10. The van der Waals surface area contributed by atoms with Gasteiger partial charge in [-0.05, 0) is 18.2 Å². The zero-order valence-electron chi connectivity index (χ0n) is 9.10. The summed E-state index contributed by atoms with van der Waals surface area (Å²) in [6.45, 7) is 3.28. The number of anilines is 2. The quantitative estimate of drug-likeness (QED) is 0.550. The van der Waals surface area contributed by atoms with Crippen molar-refractivity contribution in [3.05, 3.63) is 30.9 Å². The van der Waals surface area contributed by atoms with Crippen molar-refractivity contribution >= 4 is 27.3 Å². The highest BCUT2D eigenvalue weighted by molar-refractivity contribution is 7.92. The summed E-state index contributed by atoms with van der Waals surface area (Å²) < 4.78 is 24.0. The molecule has 1 aromatic carbocycles. The van der Waals surface area contributed by atoms with Crippen LogP contribution in [0.1, 0.15) is 0 Å². The SMILES string of the molecule is C=CC(=O)Nc1ccc(NS(C)(=O)=O)c(O)c1. The molecular weight excluding hydrogens is 244 g/mol. The van der Waals surface area contributed by atoms with Gasteiger partial charge >= 0.3 is 0 Å². The Kier molecular flexibility index (Phi) is 3.74. The number of sulfonamides is 1. The van der Waals surface area contributed by atoms with Crippen molar-refractivity contribution in [3.8, 4) is 5.75 Å². The maximum atomic E-state index is 11.0. The highest BCUT2D eigenvalue weighted by atomic mass is 32.2. The Morgan fingerprint density at radius 2 is 2.12 bits per heavy atom. The third kappa shape index (κ3) is 4.15. The molecule has 6 nitrogen and oxygen atoms in total. The molecule has 0 aliphatic heterocycles.